The fourth-order valence-electron chi connectivity index (χ4n) is 2.88. The van der Waals surface area contributed by atoms with Gasteiger partial charge >= 0.3 is 0 Å². The minimum atomic E-state index is -0.342. The van der Waals surface area contributed by atoms with E-state index in [-0.39, 0.29) is 11.6 Å². The van der Waals surface area contributed by atoms with E-state index in [4.69, 9.17) is 0 Å². The van der Waals surface area contributed by atoms with Crippen molar-refractivity contribution in [1.82, 2.24) is 4.40 Å². The summed E-state index contributed by atoms with van der Waals surface area (Å²) in [6.07, 6.45) is 1.84. The van der Waals surface area contributed by atoms with Crippen molar-refractivity contribution in [2.45, 2.75) is 0 Å². The van der Waals surface area contributed by atoms with Crippen molar-refractivity contribution in [1.29, 1.82) is 0 Å². The van der Waals surface area contributed by atoms with Crippen LogP contribution in [-0.4, -0.2) is 10.2 Å². The summed E-state index contributed by atoms with van der Waals surface area (Å²) in [6.45, 7) is 0. The highest BCUT2D eigenvalue weighted by molar-refractivity contribution is 6.19. The van der Waals surface area contributed by atoms with Crippen LogP contribution in [0.25, 0.3) is 16.3 Å². The van der Waals surface area contributed by atoms with Crippen molar-refractivity contribution < 1.29 is 9.18 Å². The molecule has 0 N–H and O–H groups in total. The molecule has 0 radical (unpaired) electrons. The molecule has 0 fully saturated rings. The zero-order valence-electron chi connectivity index (χ0n) is 11.7. The Hall–Kier alpha value is -2.94. The predicted octanol–water partition coefficient (Wildman–Crippen LogP) is 4.46. The third kappa shape index (κ3) is 1.83. The van der Waals surface area contributed by atoms with Gasteiger partial charge in [-0.05, 0) is 30.3 Å². The second kappa shape index (κ2) is 4.81. The van der Waals surface area contributed by atoms with Crippen LogP contribution < -0.4 is 0 Å². The van der Waals surface area contributed by atoms with E-state index in [0.29, 0.717) is 16.6 Å². The summed E-state index contributed by atoms with van der Waals surface area (Å²) < 4.78 is 15.5. The summed E-state index contributed by atoms with van der Waals surface area (Å²) in [5, 5.41) is 1.52. The normalized spacial score (nSPS) is 11.1. The summed E-state index contributed by atoms with van der Waals surface area (Å²) in [7, 11) is 0. The molecule has 3 heteroatoms. The number of benzene rings is 2. The second-order valence-electron chi connectivity index (χ2n) is 5.19. The smallest absolute Gasteiger partial charge is 0.210 e. The average Bonchev–Trinajstić information content (AvgIpc) is 2.88. The molecule has 0 amide bonds. The number of carbonyl (C=O) groups excluding carboxylic acids is 1. The lowest BCUT2D eigenvalue weighted by molar-refractivity contribution is 0.103. The Bertz CT molecular complexity index is 1000. The van der Waals surface area contributed by atoms with Gasteiger partial charge in [-0.15, -0.1) is 0 Å². The molecule has 0 unspecified atom stereocenters. The van der Waals surface area contributed by atoms with E-state index in [1.807, 2.05) is 47.0 Å². The molecule has 2 aromatic carbocycles. The van der Waals surface area contributed by atoms with E-state index in [9.17, 15) is 9.18 Å². The molecular weight excluding hydrogens is 277 g/mol. The van der Waals surface area contributed by atoms with Crippen molar-refractivity contribution in [3.63, 3.8) is 0 Å². The van der Waals surface area contributed by atoms with Gasteiger partial charge in [0.1, 0.15) is 11.5 Å². The quantitative estimate of drug-likeness (QED) is 0.499. The Balaban J connectivity index is 2.10. The van der Waals surface area contributed by atoms with E-state index in [1.165, 1.54) is 12.1 Å². The van der Waals surface area contributed by atoms with E-state index < -0.39 is 0 Å². The van der Waals surface area contributed by atoms with Gasteiger partial charge in [0.25, 0.3) is 0 Å². The lowest BCUT2D eigenvalue weighted by Gasteiger charge is -2.03. The first kappa shape index (κ1) is 12.8. The van der Waals surface area contributed by atoms with Gasteiger partial charge < -0.3 is 4.40 Å². The van der Waals surface area contributed by atoms with Gasteiger partial charge in [0.05, 0.1) is 5.52 Å². The monoisotopic (exact) mass is 289 g/mol. The molecule has 2 aromatic heterocycles. The number of hydrogen-bond acceptors (Lipinski definition) is 1. The number of carbonyl (C=O) groups is 1. The maximum atomic E-state index is 13.7. The highest BCUT2D eigenvalue weighted by atomic mass is 19.1. The molecule has 4 rings (SSSR count). The molecule has 0 bridgehead atoms. The minimum absolute atomic E-state index is 0.109. The average molecular weight is 289 g/mol. The minimum Gasteiger partial charge on any atom is -0.313 e. The Morgan fingerprint density at radius 3 is 2.45 bits per heavy atom. The number of halogens is 1. The number of hydrogen-bond donors (Lipinski definition) is 0. The van der Waals surface area contributed by atoms with Crippen molar-refractivity contribution in [3.8, 4) is 0 Å². The Labute approximate surface area is 126 Å². The molecule has 0 atom stereocenters. The first-order chi connectivity index (χ1) is 10.8. The Morgan fingerprint density at radius 1 is 0.864 bits per heavy atom. The zero-order chi connectivity index (χ0) is 15.1. The lowest BCUT2D eigenvalue weighted by atomic mass is 10.0. The van der Waals surface area contributed by atoms with Gasteiger partial charge in [-0.3, -0.25) is 4.79 Å². The molecule has 0 aliphatic rings. The standard InChI is InChI=1S/C19H12FNO/c20-14-9-10-15-16(12-14)18(21-11-5-4-8-17(15)21)19(22)13-6-2-1-3-7-13/h1-12H. The molecule has 0 spiro atoms. The number of fused-ring (bicyclic) bond motifs is 3. The van der Waals surface area contributed by atoms with E-state index in [2.05, 4.69) is 0 Å². The molecule has 0 saturated heterocycles. The number of aromatic nitrogens is 1. The van der Waals surface area contributed by atoms with E-state index >= 15 is 0 Å². The van der Waals surface area contributed by atoms with Crippen molar-refractivity contribution in [3.05, 3.63) is 90.0 Å². The summed E-state index contributed by atoms with van der Waals surface area (Å²) in [6, 6.07) is 19.3. The number of rotatable bonds is 2. The summed E-state index contributed by atoms with van der Waals surface area (Å²) in [5.74, 6) is -0.451. The molecule has 0 saturated carbocycles. The Morgan fingerprint density at radius 2 is 1.64 bits per heavy atom. The number of pyridine rings is 1. The molecule has 4 aromatic rings. The highest BCUT2D eigenvalue weighted by Gasteiger charge is 2.19. The van der Waals surface area contributed by atoms with Crippen LogP contribution in [0, 0.1) is 5.82 Å². The van der Waals surface area contributed by atoms with Gasteiger partial charge in [-0.2, -0.15) is 0 Å². The van der Waals surface area contributed by atoms with Crippen molar-refractivity contribution in [2.24, 2.45) is 0 Å². The van der Waals surface area contributed by atoms with Crippen LogP contribution in [0.1, 0.15) is 16.1 Å². The first-order valence-corrected chi connectivity index (χ1v) is 7.04. The third-order valence-corrected chi connectivity index (χ3v) is 3.86. The summed E-state index contributed by atoms with van der Waals surface area (Å²) >= 11 is 0. The fourth-order valence-corrected chi connectivity index (χ4v) is 2.88. The third-order valence-electron chi connectivity index (χ3n) is 3.86. The number of nitrogens with zero attached hydrogens (tertiary/aromatic N) is 1. The fraction of sp³-hybridized carbons (Fsp3) is 0. The van der Waals surface area contributed by atoms with Gasteiger partial charge in [-0.1, -0.05) is 36.4 Å². The van der Waals surface area contributed by atoms with Crippen LogP contribution in [0.2, 0.25) is 0 Å². The molecule has 0 aliphatic heterocycles. The topological polar surface area (TPSA) is 21.5 Å². The van der Waals surface area contributed by atoms with Crippen LogP contribution in [0.5, 0.6) is 0 Å². The first-order valence-electron chi connectivity index (χ1n) is 7.04. The van der Waals surface area contributed by atoms with Crippen LogP contribution in [0.4, 0.5) is 4.39 Å². The predicted molar refractivity (Wildman–Crippen MR) is 84.7 cm³/mol. The van der Waals surface area contributed by atoms with Gasteiger partial charge in [0, 0.05) is 22.5 Å². The Kier molecular flexibility index (Phi) is 2.79. The summed E-state index contributed by atoms with van der Waals surface area (Å²) in [5.41, 5.74) is 1.99. The molecule has 2 heterocycles. The van der Waals surface area contributed by atoms with Crippen molar-refractivity contribution >= 4 is 22.1 Å². The van der Waals surface area contributed by atoms with E-state index in [1.54, 1.807) is 18.2 Å². The zero-order valence-corrected chi connectivity index (χ0v) is 11.7. The van der Waals surface area contributed by atoms with E-state index in [0.717, 1.165) is 10.9 Å². The lowest BCUT2D eigenvalue weighted by Crippen LogP contribution is -2.05. The molecular formula is C19H12FNO. The second-order valence-corrected chi connectivity index (χ2v) is 5.19. The van der Waals surface area contributed by atoms with Gasteiger partial charge in [-0.25, -0.2) is 4.39 Å². The molecule has 22 heavy (non-hydrogen) atoms. The highest BCUT2D eigenvalue weighted by Crippen LogP contribution is 2.29. The SMILES string of the molecule is O=C(c1ccccc1)c1c2cc(F)ccc2c2ccccn12. The van der Waals surface area contributed by atoms with Crippen LogP contribution >= 0.6 is 0 Å². The molecule has 0 aliphatic carbocycles. The molecule has 2 nitrogen and oxygen atoms in total. The van der Waals surface area contributed by atoms with Crippen LogP contribution in [0.15, 0.2) is 72.9 Å². The van der Waals surface area contributed by atoms with Crippen molar-refractivity contribution in [2.75, 3.05) is 0 Å². The molecule has 106 valence electrons. The largest absolute Gasteiger partial charge is 0.313 e. The van der Waals surface area contributed by atoms with Gasteiger partial charge in [0.2, 0.25) is 5.78 Å². The van der Waals surface area contributed by atoms with Crippen LogP contribution in [0.3, 0.4) is 0 Å². The van der Waals surface area contributed by atoms with Gasteiger partial charge in [0.15, 0.2) is 0 Å². The maximum absolute atomic E-state index is 13.7. The summed E-state index contributed by atoms with van der Waals surface area (Å²) in [4.78, 5) is 12.9. The van der Waals surface area contributed by atoms with Crippen LogP contribution in [-0.2, 0) is 0 Å². The number of ketones is 1. The maximum Gasteiger partial charge on any atom is 0.210 e.